The van der Waals surface area contributed by atoms with Gasteiger partial charge in [-0.3, -0.25) is 0 Å². The van der Waals surface area contributed by atoms with Gasteiger partial charge in [0.05, 0.1) is 6.61 Å². The molecule has 0 aliphatic carbocycles. The number of allylic oxidation sites excluding steroid dienone is 1. The average molecular weight is 240 g/mol. The number of unbranched alkanes of at least 4 members (excludes halogenated alkanes) is 1. The average Bonchev–Trinajstić information content (AvgIpc) is 2.28. The fraction of sp³-hybridized carbons (Fsp3) is 0.667. The van der Waals surface area contributed by atoms with Crippen LogP contribution in [0.2, 0.25) is 0 Å². The van der Waals surface area contributed by atoms with Gasteiger partial charge in [0, 0.05) is 6.08 Å². The van der Waals surface area contributed by atoms with Gasteiger partial charge in [-0.2, -0.15) is 0 Å². The molecule has 0 fully saturated rings. The Morgan fingerprint density at radius 1 is 1.35 bits per heavy atom. The topological polar surface area (TPSA) is 26.3 Å². The van der Waals surface area contributed by atoms with E-state index in [1.54, 1.807) is 0 Å². The van der Waals surface area contributed by atoms with E-state index in [1.165, 1.54) is 24.5 Å². The zero-order chi connectivity index (χ0) is 13.7. The third-order valence-corrected chi connectivity index (χ3v) is 2.17. The molecule has 1 atom stereocenters. The summed E-state index contributed by atoms with van der Waals surface area (Å²) in [5.74, 6) is 0.207. The van der Waals surface area contributed by atoms with Crippen LogP contribution in [0.25, 0.3) is 0 Å². The highest BCUT2D eigenvalue weighted by Crippen LogP contribution is 2.12. The Balaban J connectivity index is 0. The van der Waals surface area contributed by atoms with E-state index in [0.29, 0.717) is 12.5 Å². The lowest BCUT2D eigenvalue weighted by molar-refractivity contribution is -0.139. The smallest absolute Gasteiger partial charge is 0.330 e. The second-order valence-electron chi connectivity index (χ2n) is 4.46. The van der Waals surface area contributed by atoms with E-state index in [2.05, 4.69) is 27.0 Å². The van der Waals surface area contributed by atoms with E-state index < -0.39 is 0 Å². The van der Waals surface area contributed by atoms with Crippen LogP contribution in [0, 0.1) is 5.92 Å². The van der Waals surface area contributed by atoms with E-state index in [9.17, 15) is 4.79 Å². The third kappa shape index (κ3) is 17.6. The number of hydrogen-bond donors (Lipinski definition) is 0. The number of hydrogen-bond acceptors (Lipinski definition) is 2. The standard InChI is InChI=1S/C11H20O2.C4H8/c1-4-7-8-10(5-2)9-13-11(12)6-3;1-4(2)3/h6,10H,3-5,7-9H2,1-2H3;1H2,2-3H3. The fourth-order valence-electron chi connectivity index (χ4n) is 1.16. The Labute approximate surface area is 107 Å². The van der Waals surface area contributed by atoms with Crippen LogP contribution >= 0.6 is 0 Å². The van der Waals surface area contributed by atoms with Crippen LogP contribution in [0.3, 0.4) is 0 Å². The molecule has 0 radical (unpaired) electrons. The summed E-state index contributed by atoms with van der Waals surface area (Å²) in [4.78, 5) is 10.8. The molecule has 0 aromatic heterocycles. The van der Waals surface area contributed by atoms with Crippen molar-refractivity contribution in [1.29, 1.82) is 0 Å². The van der Waals surface area contributed by atoms with Crippen LogP contribution in [-0.4, -0.2) is 12.6 Å². The molecule has 0 spiro atoms. The molecule has 0 aliphatic heterocycles. The Hall–Kier alpha value is -1.05. The van der Waals surface area contributed by atoms with Crippen molar-refractivity contribution in [3.8, 4) is 0 Å². The predicted octanol–water partition coefficient (Wildman–Crippen LogP) is 4.51. The highest BCUT2D eigenvalue weighted by atomic mass is 16.5. The number of carbonyl (C=O) groups excluding carboxylic acids is 1. The summed E-state index contributed by atoms with van der Waals surface area (Å²) in [5.41, 5.74) is 1.17. The molecular formula is C15H28O2. The molecule has 0 heterocycles. The summed E-state index contributed by atoms with van der Waals surface area (Å²) in [7, 11) is 0. The van der Waals surface area contributed by atoms with Gasteiger partial charge in [0.2, 0.25) is 0 Å². The van der Waals surface area contributed by atoms with Gasteiger partial charge >= 0.3 is 5.97 Å². The van der Waals surface area contributed by atoms with Crippen molar-refractivity contribution in [2.24, 2.45) is 5.92 Å². The number of ether oxygens (including phenoxy) is 1. The highest BCUT2D eigenvalue weighted by Gasteiger charge is 2.07. The van der Waals surface area contributed by atoms with Crippen molar-refractivity contribution in [3.63, 3.8) is 0 Å². The number of carbonyl (C=O) groups is 1. The molecule has 0 bridgehead atoms. The molecular weight excluding hydrogens is 212 g/mol. The fourth-order valence-corrected chi connectivity index (χ4v) is 1.16. The maximum Gasteiger partial charge on any atom is 0.330 e. The second kappa shape index (κ2) is 13.0. The largest absolute Gasteiger partial charge is 0.462 e. The Bertz CT molecular complexity index is 215. The van der Waals surface area contributed by atoms with Gasteiger partial charge in [0.15, 0.2) is 0 Å². The molecule has 2 nitrogen and oxygen atoms in total. The first-order valence-electron chi connectivity index (χ1n) is 6.39. The third-order valence-electron chi connectivity index (χ3n) is 2.17. The van der Waals surface area contributed by atoms with Gasteiger partial charge in [-0.15, -0.1) is 6.58 Å². The first-order valence-corrected chi connectivity index (χ1v) is 6.39. The molecule has 17 heavy (non-hydrogen) atoms. The Kier molecular flexibility index (Phi) is 14.0. The predicted molar refractivity (Wildman–Crippen MR) is 75.0 cm³/mol. The van der Waals surface area contributed by atoms with Crippen LogP contribution in [0.5, 0.6) is 0 Å². The van der Waals surface area contributed by atoms with Crippen molar-refractivity contribution in [1.82, 2.24) is 0 Å². The van der Waals surface area contributed by atoms with E-state index in [4.69, 9.17) is 4.74 Å². The molecule has 0 N–H and O–H groups in total. The molecule has 0 aromatic carbocycles. The lowest BCUT2D eigenvalue weighted by atomic mass is 10.0. The van der Waals surface area contributed by atoms with Gasteiger partial charge in [0.25, 0.3) is 0 Å². The van der Waals surface area contributed by atoms with Gasteiger partial charge in [-0.05, 0) is 26.2 Å². The Morgan fingerprint density at radius 2 is 1.88 bits per heavy atom. The van der Waals surface area contributed by atoms with E-state index in [-0.39, 0.29) is 5.97 Å². The summed E-state index contributed by atoms with van der Waals surface area (Å²) in [5, 5.41) is 0. The van der Waals surface area contributed by atoms with Crippen LogP contribution in [0.4, 0.5) is 0 Å². The summed E-state index contributed by atoms with van der Waals surface area (Å²) in [6.07, 6.45) is 5.85. The minimum Gasteiger partial charge on any atom is -0.462 e. The SMILES string of the molecule is C=C(C)C.C=CC(=O)OCC(CC)CCCC. The molecule has 0 rings (SSSR count). The highest BCUT2D eigenvalue weighted by molar-refractivity contribution is 5.81. The zero-order valence-electron chi connectivity index (χ0n) is 11.9. The summed E-state index contributed by atoms with van der Waals surface area (Å²) >= 11 is 0. The minimum absolute atomic E-state index is 0.310. The summed E-state index contributed by atoms with van der Waals surface area (Å²) in [6, 6.07) is 0. The molecule has 0 saturated carbocycles. The van der Waals surface area contributed by atoms with Gasteiger partial charge in [0.1, 0.15) is 0 Å². The molecule has 100 valence electrons. The van der Waals surface area contributed by atoms with E-state index >= 15 is 0 Å². The minimum atomic E-state index is -0.310. The molecule has 0 amide bonds. The normalized spacial score (nSPS) is 10.8. The molecule has 0 aromatic rings. The van der Waals surface area contributed by atoms with Crippen molar-refractivity contribution >= 4 is 5.97 Å². The first kappa shape index (κ1) is 18.3. The van der Waals surface area contributed by atoms with Crippen molar-refractivity contribution < 1.29 is 9.53 Å². The summed E-state index contributed by atoms with van der Waals surface area (Å²) < 4.78 is 4.98. The molecule has 0 saturated heterocycles. The lowest BCUT2D eigenvalue weighted by Gasteiger charge is -2.13. The maximum absolute atomic E-state index is 10.8. The van der Waals surface area contributed by atoms with Crippen LogP contribution in [0.1, 0.15) is 53.4 Å². The molecule has 0 aliphatic rings. The van der Waals surface area contributed by atoms with Crippen molar-refractivity contribution in [2.75, 3.05) is 6.61 Å². The second-order valence-corrected chi connectivity index (χ2v) is 4.46. The quantitative estimate of drug-likeness (QED) is 0.372. The van der Waals surface area contributed by atoms with Crippen molar-refractivity contribution in [3.05, 3.63) is 24.8 Å². The number of rotatable bonds is 7. The van der Waals surface area contributed by atoms with E-state index in [0.717, 1.165) is 12.8 Å². The van der Waals surface area contributed by atoms with Crippen molar-refractivity contribution in [2.45, 2.75) is 53.4 Å². The van der Waals surface area contributed by atoms with E-state index in [1.807, 2.05) is 13.8 Å². The number of esters is 1. The van der Waals surface area contributed by atoms with Crippen LogP contribution in [-0.2, 0) is 9.53 Å². The Morgan fingerprint density at radius 3 is 2.24 bits per heavy atom. The van der Waals surface area contributed by atoms with Gasteiger partial charge in [-0.1, -0.05) is 45.3 Å². The van der Waals surface area contributed by atoms with Crippen LogP contribution in [0.15, 0.2) is 24.8 Å². The molecule has 1 unspecified atom stereocenters. The zero-order valence-corrected chi connectivity index (χ0v) is 11.9. The van der Waals surface area contributed by atoms with Gasteiger partial charge in [-0.25, -0.2) is 4.79 Å². The van der Waals surface area contributed by atoms with Gasteiger partial charge < -0.3 is 4.74 Å². The maximum atomic E-state index is 10.8. The summed E-state index contributed by atoms with van der Waals surface area (Å²) in [6.45, 7) is 15.7. The molecule has 2 heteroatoms. The first-order chi connectivity index (χ1) is 7.97. The monoisotopic (exact) mass is 240 g/mol. The van der Waals surface area contributed by atoms with Crippen LogP contribution < -0.4 is 0 Å². The lowest BCUT2D eigenvalue weighted by Crippen LogP contribution is -2.12.